The molecule has 0 saturated carbocycles. The first-order chi connectivity index (χ1) is 14.7. The number of ether oxygens (including phenoxy) is 1. The Balaban J connectivity index is 1.27. The molecule has 3 aromatic rings. The first-order valence-corrected chi connectivity index (χ1v) is 10.4. The predicted molar refractivity (Wildman–Crippen MR) is 108 cm³/mol. The van der Waals surface area contributed by atoms with E-state index in [1.165, 1.54) is 6.33 Å². The Morgan fingerprint density at radius 1 is 1.10 bits per heavy atom. The lowest BCUT2D eigenvalue weighted by Gasteiger charge is -2.40. The van der Waals surface area contributed by atoms with Crippen molar-refractivity contribution in [3.05, 3.63) is 60.4 Å². The quantitative estimate of drug-likeness (QED) is 0.654. The molecule has 0 N–H and O–H groups in total. The fraction of sp³-hybridized carbons (Fsp3) is 0.409. The maximum absolute atomic E-state index is 15.6. The molecule has 2 unspecified atom stereocenters. The van der Waals surface area contributed by atoms with Gasteiger partial charge in [-0.25, -0.2) is 9.37 Å². The molecule has 0 aliphatic carbocycles. The van der Waals surface area contributed by atoms with Crippen molar-refractivity contribution in [2.24, 2.45) is 0 Å². The van der Waals surface area contributed by atoms with Crippen LogP contribution in [0.1, 0.15) is 30.9 Å². The van der Waals surface area contributed by atoms with Gasteiger partial charge in [0.15, 0.2) is 17.4 Å². The molecule has 1 aromatic carbocycles. The third-order valence-electron chi connectivity index (χ3n) is 6.71. The summed E-state index contributed by atoms with van der Waals surface area (Å²) in [6.07, 6.45) is 1.62. The minimum Gasteiger partial charge on any atom is -0.353 e. The molecule has 1 amide bonds. The van der Waals surface area contributed by atoms with Crippen LogP contribution in [0.25, 0.3) is 5.65 Å². The molecule has 30 heavy (non-hydrogen) atoms. The van der Waals surface area contributed by atoms with Gasteiger partial charge in [0.2, 0.25) is 0 Å². The second-order valence-electron chi connectivity index (χ2n) is 8.26. The number of nitrogens with zero attached hydrogens (tertiary/aromatic N) is 5. The van der Waals surface area contributed by atoms with E-state index in [1.807, 2.05) is 53.4 Å². The number of hydrogen-bond donors (Lipinski definition) is 0. The first-order valence-electron chi connectivity index (χ1n) is 10.4. The van der Waals surface area contributed by atoms with E-state index < -0.39 is 11.8 Å². The Kier molecular flexibility index (Phi) is 3.86. The maximum atomic E-state index is 15.6. The van der Waals surface area contributed by atoms with Gasteiger partial charge >= 0.3 is 0 Å². The van der Waals surface area contributed by atoms with Crippen molar-refractivity contribution in [1.29, 1.82) is 0 Å². The van der Waals surface area contributed by atoms with Crippen molar-refractivity contribution in [2.75, 3.05) is 18.0 Å². The molecule has 3 aliphatic heterocycles. The highest BCUT2D eigenvalue weighted by Gasteiger charge is 2.62. The van der Waals surface area contributed by atoms with Gasteiger partial charge in [0.05, 0.1) is 12.6 Å². The third-order valence-corrected chi connectivity index (χ3v) is 6.71. The van der Waals surface area contributed by atoms with Crippen molar-refractivity contribution in [1.82, 2.24) is 19.5 Å². The van der Waals surface area contributed by atoms with Crippen LogP contribution >= 0.6 is 0 Å². The van der Waals surface area contributed by atoms with Crippen LogP contribution < -0.4 is 4.90 Å². The minimum absolute atomic E-state index is 0.0443. The van der Waals surface area contributed by atoms with E-state index in [4.69, 9.17) is 4.74 Å². The molecule has 154 valence electrons. The van der Waals surface area contributed by atoms with Crippen LogP contribution in [0.3, 0.4) is 0 Å². The Morgan fingerprint density at radius 2 is 1.97 bits per heavy atom. The number of pyridine rings is 1. The number of amides is 1. The van der Waals surface area contributed by atoms with E-state index in [0.717, 1.165) is 24.2 Å². The summed E-state index contributed by atoms with van der Waals surface area (Å²) in [7, 11) is 0. The molecule has 1 spiro atoms. The van der Waals surface area contributed by atoms with Crippen LogP contribution in [0, 0.1) is 0 Å². The minimum atomic E-state index is -1.42. The molecule has 4 atom stereocenters. The zero-order valence-electron chi connectivity index (χ0n) is 16.4. The normalized spacial score (nSPS) is 31.1. The molecule has 5 heterocycles. The number of benzene rings is 1. The summed E-state index contributed by atoms with van der Waals surface area (Å²) in [5.74, 6) is 0.570. The number of aromatic nitrogens is 3. The topological polar surface area (TPSA) is 63.0 Å². The van der Waals surface area contributed by atoms with E-state index in [2.05, 4.69) is 10.1 Å². The molecule has 3 fully saturated rings. The number of fused-ring (bicyclic) bond motifs is 2. The van der Waals surface area contributed by atoms with Crippen molar-refractivity contribution in [3.8, 4) is 0 Å². The average molecular weight is 407 g/mol. The smallest absolute Gasteiger partial charge is 0.260 e. The fourth-order valence-corrected chi connectivity index (χ4v) is 5.22. The molecule has 0 bridgehead atoms. The van der Waals surface area contributed by atoms with Gasteiger partial charge in [-0.1, -0.05) is 36.4 Å². The van der Waals surface area contributed by atoms with Crippen LogP contribution in [0.2, 0.25) is 0 Å². The van der Waals surface area contributed by atoms with Gasteiger partial charge in [-0.15, -0.1) is 0 Å². The molecule has 0 radical (unpaired) electrons. The van der Waals surface area contributed by atoms with E-state index >= 15 is 4.39 Å². The van der Waals surface area contributed by atoms with E-state index in [1.54, 1.807) is 9.42 Å². The van der Waals surface area contributed by atoms with Gasteiger partial charge in [-0.2, -0.15) is 9.61 Å². The van der Waals surface area contributed by atoms with Gasteiger partial charge in [0.25, 0.3) is 5.91 Å². The van der Waals surface area contributed by atoms with Crippen LogP contribution in [0.5, 0.6) is 0 Å². The summed E-state index contributed by atoms with van der Waals surface area (Å²) in [5.41, 5.74) is 0.410. The number of carbonyl (C=O) groups is 1. The van der Waals surface area contributed by atoms with Gasteiger partial charge < -0.3 is 14.5 Å². The second-order valence-corrected chi connectivity index (χ2v) is 8.26. The zero-order chi connectivity index (χ0) is 20.3. The Bertz CT molecular complexity index is 1110. The Morgan fingerprint density at radius 3 is 2.80 bits per heavy atom. The first kappa shape index (κ1) is 17.8. The zero-order valence-corrected chi connectivity index (χ0v) is 16.4. The van der Waals surface area contributed by atoms with Crippen LogP contribution in [0.15, 0.2) is 54.9 Å². The molecule has 7 nitrogen and oxygen atoms in total. The van der Waals surface area contributed by atoms with Gasteiger partial charge in [0.1, 0.15) is 18.4 Å². The highest BCUT2D eigenvalue weighted by Crippen LogP contribution is 2.48. The molecular weight excluding hydrogens is 385 g/mol. The second kappa shape index (κ2) is 6.50. The van der Waals surface area contributed by atoms with Gasteiger partial charge in [0, 0.05) is 13.0 Å². The lowest BCUT2D eigenvalue weighted by atomic mass is 9.88. The summed E-state index contributed by atoms with van der Waals surface area (Å²) in [4.78, 5) is 21.4. The molecule has 8 heteroatoms. The highest BCUT2D eigenvalue weighted by molar-refractivity contribution is 5.89. The van der Waals surface area contributed by atoms with Gasteiger partial charge in [-0.05, 0) is 30.5 Å². The number of rotatable bonds is 2. The summed E-state index contributed by atoms with van der Waals surface area (Å²) in [6.45, 7) is 0.600. The molecule has 3 saturated heterocycles. The molecule has 6 rings (SSSR count). The monoisotopic (exact) mass is 407 g/mol. The van der Waals surface area contributed by atoms with Crippen LogP contribution in [-0.2, 0) is 9.53 Å². The summed E-state index contributed by atoms with van der Waals surface area (Å²) in [6, 6.07) is 15.6. The summed E-state index contributed by atoms with van der Waals surface area (Å²) in [5, 5.41) is 4.25. The molecular formula is C22H22FN5O2. The van der Waals surface area contributed by atoms with E-state index in [-0.39, 0.29) is 24.7 Å². The lowest BCUT2D eigenvalue weighted by Crippen LogP contribution is -2.58. The number of halogens is 1. The highest BCUT2D eigenvalue weighted by atomic mass is 19.1. The Labute approximate surface area is 173 Å². The molecule has 3 aliphatic rings. The number of piperidine rings is 1. The third kappa shape index (κ3) is 2.43. The predicted octanol–water partition coefficient (Wildman–Crippen LogP) is 2.74. The van der Waals surface area contributed by atoms with E-state index in [9.17, 15) is 4.79 Å². The number of carbonyl (C=O) groups excluding carboxylic acids is 1. The van der Waals surface area contributed by atoms with Crippen LogP contribution in [-0.4, -0.2) is 56.5 Å². The van der Waals surface area contributed by atoms with Crippen molar-refractivity contribution >= 4 is 17.4 Å². The molecule has 2 aromatic heterocycles. The van der Waals surface area contributed by atoms with E-state index in [0.29, 0.717) is 18.6 Å². The van der Waals surface area contributed by atoms with Crippen molar-refractivity contribution < 1.29 is 13.9 Å². The average Bonchev–Trinajstić information content (AvgIpc) is 3.47. The maximum Gasteiger partial charge on any atom is 0.260 e. The summed E-state index contributed by atoms with van der Waals surface area (Å²) >= 11 is 0. The van der Waals surface area contributed by atoms with Gasteiger partial charge in [-0.3, -0.25) is 4.79 Å². The Hall–Kier alpha value is -3.00. The largest absolute Gasteiger partial charge is 0.353 e. The SMILES string of the molecule is O=C1N2[C@@H](CC[C@H]2c2ccccc2)OC12CCN(c1cccc3ncnn13)CC2F. The number of anilines is 1. The number of hydrogen-bond acceptors (Lipinski definition) is 5. The summed E-state index contributed by atoms with van der Waals surface area (Å²) < 4.78 is 23.5. The van der Waals surface area contributed by atoms with Crippen LogP contribution in [0.4, 0.5) is 10.2 Å². The fourth-order valence-electron chi connectivity index (χ4n) is 5.22. The number of alkyl halides is 1. The lowest BCUT2D eigenvalue weighted by molar-refractivity contribution is -0.148. The standard InChI is InChI=1S/C22H22FN5O2/c23-17-13-26(19-8-4-7-18-24-14-25-28(18)19)12-11-22(17)21(29)27-16(9-10-20(27)30-22)15-5-2-1-3-6-15/h1-8,14,16-17,20H,9-13H2/t16-,17?,20+,22?/m0/s1. The van der Waals surface area contributed by atoms with Crippen molar-refractivity contribution in [2.45, 2.75) is 43.3 Å². The van der Waals surface area contributed by atoms with Crippen molar-refractivity contribution in [3.63, 3.8) is 0 Å².